The Labute approximate surface area is 334 Å². The van der Waals surface area contributed by atoms with Crippen LogP contribution in [0.4, 0.5) is 0 Å². The zero-order chi connectivity index (χ0) is 38.4. The van der Waals surface area contributed by atoms with E-state index < -0.39 is 0 Å². The molecule has 0 amide bonds. The van der Waals surface area contributed by atoms with Crippen LogP contribution in [0.25, 0.3) is 72.6 Å². The first kappa shape index (κ1) is 33.4. The van der Waals surface area contributed by atoms with Crippen molar-refractivity contribution in [2.45, 2.75) is 37.3 Å². The maximum Gasteiger partial charge on any atom is 0.139 e. The van der Waals surface area contributed by atoms with Crippen LogP contribution in [0.1, 0.15) is 54.1 Å². The normalized spacial score (nSPS) is 20.7. The zero-order valence-corrected chi connectivity index (χ0v) is 31.9. The summed E-state index contributed by atoms with van der Waals surface area (Å²) in [6.07, 6.45) is 5.20. The number of nitrogens with one attached hydrogen (secondary N) is 3. The van der Waals surface area contributed by atoms with E-state index in [4.69, 9.17) is 8.83 Å². The molecule has 3 atom stereocenters. The molecule has 10 aromatic rings. The quantitative estimate of drug-likeness (QED) is 0.163. The minimum atomic E-state index is -0.355. The van der Waals surface area contributed by atoms with Gasteiger partial charge in [0.25, 0.3) is 0 Å². The Morgan fingerprint density at radius 1 is 0.552 bits per heavy atom. The van der Waals surface area contributed by atoms with Crippen LogP contribution in [0.2, 0.25) is 0 Å². The number of para-hydroxylation sites is 3. The van der Waals surface area contributed by atoms with Gasteiger partial charge in [-0.2, -0.15) is 0 Å². The number of benzene rings is 7. The summed E-state index contributed by atoms with van der Waals surface area (Å²) < 4.78 is 16.0. The molecule has 1 fully saturated rings. The number of furan rings is 2. The van der Waals surface area contributed by atoms with Crippen molar-refractivity contribution in [3.05, 3.63) is 197 Å². The summed E-state index contributed by atoms with van der Waals surface area (Å²) in [5, 5.41) is 18.6. The molecule has 1 saturated heterocycles. The molecular weight excluding hydrogens is 713 g/mol. The predicted octanol–water partition coefficient (Wildman–Crippen LogP) is 10.5. The van der Waals surface area contributed by atoms with Gasteiger partial charge < -0.3 is 13.4 Å². The van der Waals surface area contributed by atoms with Crippen molar-refractivity contribution in [3.8, 4) is 5.69 Å². The number of fused-ring (bicyclic) bond motifs is 9. The predicted molar refractivity (Wildman–Crippen MR) is 235 cm³/mol. The Balaban J connectivity index is 0.955. The Hall–Kier alpha value is -6.70. The van der Waals surface area contributed by atoms with E-state index >= 15 is 0 Å². The lowest BCUT2D eigenvalue weighted by atomic mass is 9.76. The van der Waals surface area contributed by atoms with E-state index in [0.717, 1.165) is 66.8 Å². The molecule has 0 spiro atoms. The van der Waals surface area contributed by atoms with Gasteiger partial charge in [0, 0.05) is 54.9 Å². The monoisotopic (exact) mass is 752 g/mol. The number of nitrogens with zero attached hydrogens (tertiary/aromatic N) is 1. The van der Waals surface area contributed by atoms with Crippen LogP contribution in [-0.2, 0) is 5.41 Å². The Morgan fingerprint density at radius 3 is 1.88 bits per heavy atom. The summed E-state index contributed by atoms with van der Waals surface area (Å²) in [5.41, 5.74) is 11.4. The minimum Gasteiger partial charge on any atom is -0.456 e. The maximum atomic E-state index is 6.89. The SMILES string of the molecule is C[C@]1(c2cccc3c2oc2cccc(C4NC(c5ccccc5)NC(c5ccccc5)N4)c23)C=c2oc3cc(-n4c5ccccc5c5ccccc54)ccc3c2=CC1. The van der Waals surface area contributed by atoms with E-state index in [2.05, 4.69) is 203 Å². The summed E-state index contributed by atoms with van der Waals surface area (Å²) in [6, 6.07) is 58.1. The highest BCUT2D eigenvalue weighted by molar-refractivity contribution is 6.10. The Morgan fingerprint density at radius 2 is 1.17 bits per heavy atom. The van der Waals surface area contributed by atoms with Crippen LogP contribution in [-0.4, -0.2) is 4.57 Å². The smallest absolute Gasteiger partial charge is 0.139 e. The molecule has 7 aromatic carbocycles. The molecule has 12 rings (SSSR count). The van der Waals surface area contributed by atoms with Gasteiger partial charge in [-0.25, -0.2) is 0 Å². The van der Waals surface area contributed by atoms with Crippen LogP contribution in [0.3, 0.4) is 0 Å². The van der Waals surface area contributed by atoms with Crippen LogP contribution < -0.4 is 26.6 Å². The van der Waals surface area contributed by atoms with Crippen molar-refractivity contribution in [1.82, 2.24) is 20.5 Å². The molecule has 1 aliphatic carbocycles. The molecule has 2 unspecified atom stereocenters. The third kappa shape index (κ3) is 5.16. The molecule has 280 valence electrons. The van der Waals surface area contributed by atoms with Crippen molar-refractivity contribution in [3.63, 3.8) is 0 Å². The van der Waals surface area contributed by atoms with Crippen molar-refractivity contribution >= 4 is 66.9 Å². The lowest BCUT2D eigenvalue weighted by Gasteiger charge is -2.39. The van der Waals surface area contributed by atoms with Gasteiger partial charge in [-0.15, -0.1) is 0 Å². The second-order valence-corrected chi connectivity index (χ2v) is 16.0. The van der Waals surface area contributed by atoms with Crippen LogP contribution in [0, 0.1) is 0 Å². The first-order valence-corrected chi connectivity index (χ1v) is 20.2. The Kier molecular flexibility index (Phi) is 7.45. The lowest BCUT2D eigenvalue weighted by molar-refractivity contribution is 0.204. The van der Waals surface area contributed by atoms with E-state index in [-0.39, 0.29) is 23.9 Å². The molecule has 6 nitrogen and oxygen atoms in total. The number of aromatic nitrogens is 1. The maximum absolute atomic E-state index is 6.89. The molecule has 0 radical (unpaired) electrons. The summed E-state index contributed by atoms with van der Waals surface area (Å²) in [6.45, 7) is 2.30. The molecule has 0 bridgehead atoms. The minimum absolute atomic E-state index is 0.0658. The number of rotatable bonds is 5. The van der Waals surface area contributed by atoms with Crippen molar-refractivity contribution in [1.29, 1.82) is 0 Å². The second-order valence-electron chi connectivity index (χ2n) is 16.0. The summed E-state index contributed by atoms with van der Waals surface area (Å²) in [4.78, 5) is 0. The fourth-order valence-corrected chi connectivity index (χ4v) is 9.70. The molecule has 3 N–H and O–H groups in total. The average Bonchev–Trinajstić information content (AvgIpc) is 3.95. The highest BCUT2D eigenvalue weighted by Crippen LogP contribution is 2.43. The van der Waals surface area contributed by atoms with E-state index in [1.54, 1.807) is 0 Å². The second kappa shape index (κ2) is 12.9. The first-order chi connectivity index (χ1) is 28.6. The number of hydrogen-bond acceptors (Lipinski definition) is 5. The lowest BCUT2D eigenvalue weighted by Crippen LogP contribution is -2.54. The molecule has 4 heterocycles. The molecule has 3 aromatic heterocycles. The van der Waals surface area contributed by atoms with Crippen molar-refractivity contribution < 1.29 is 8.83 Å². The van der Waals surface area contributed by atoms with Gasteiger partial charge in [0.05, 0.1) is 29.5 Å². The van der Waals surface area contributed by atoms with Crippen molar-refractivity contribution in [2.75, 3.05) is 0 Å². The van der Waals surface area contributed by atoms with Crippen LogP contribution in [0.15, 0.2) is 173 Å². The number of hydrogen-bond donors (Lipinski definition) is 3. The van der Waals surface area contributed by atoms with Gasteiger partial charge in [0.15, 0.2) is 0 Å². The van der Waals surface area contributed by atoms with Gasteiger partial charge in [-0.3, -0.25) is 16.0 Å². The molecular formula is C52H40N4O2. The highest BCUT2D eigenvalue weighted by atomic mass is 16.3. The van der Waals surface area contributed by atoms with Gasteiger partial charge in [0.2, 0.25) is 0 Å². The van der Waals surface area contributed by atoms with Gasteiger partial charge >= 0.3 is 0 Å². The van der Waals surface area contributed by atoms with Gasteiger partial charge in [-0.05, 0) is 59.5 Å². The summed E-state index contributed by atoms with van der Waals surface area (Å²) >= 11 is 0. The third-order valence-electron chi connectivity index (χ3n) is 12.5. The molecule has 58 heavy (non-hydrogen) atoms. The van der Waals surface area contributed by atoms with Crippen molar-refractivity contribution in [2.24, 2.45) is 0 Å². The zero-order valence-electron chi connectivity index (χ0n) is 31.9. The fourth-order valence-electron chi connectivity index (χ4n) is 9.70. The fraction of sp³-hybridized carbons (Fsp3) is 0.115. The Bertz CT molecular complexity index is 3240. The highest BCUT2D eigenvalue weighted by Gasteiger charge is 2.33. The standard InChI is InChI=1S/C52H40N4O2/c1-52(29-28-38-37-27-26-34(30-45(37)57-46(38)31-52)56-42-23-10-8-18-35(42)36-19-9-11-24-43(36)56)41-22-12-20-39-47-40(21-13-25-44(47)58-48(39)41)51-54-49(32-14-4-2-5-15-32)53-50(55-51)33-16-6-3-7-17-33/h2-28,30-31,49-51,53-55H,29H2,1H3/t49?,50?,51?,52-/m1/s1. The van der Waals surface area contributed by atoms with E-state index in [9.17, 15) is 0 Å². The largest absolute Gasteiger partial charge is 0.456 e. The average molecular weight is 753 g/mol. The first-order valence-electron chi connectivity index (χ1n) is 20.2. The van der Waals surface area contributed by atoms with E-state index in [1.165, 1.54) is 32.9 Å². The van der Waals surface area contributed by atoms with E-state index in [0.29, 0.717) is 0 Å². The molecule has 0 saturated carbocycles. The van der Waals surface area contributed by atoms with Gasteiger partial charge in [-0.1, -0.05) is 140 Å². The van der Waals surface area contributed by atoms with Crippen LogP contribution >= 0.6 is 0 Å². The third-order valence-corrected chi connectivity index (χ3v) is 12.5. The topological polar surface area (TPSA) is 67.3 Å². The van der Waals surface area contributed by atoms with Crippen LogP contribution in [0.5, 0.6) is 0 Å². The summed E-state index contributed by atoms with van der Waals surface area (Å²) in [7, 11) is 0. The van der Waals surface area contributed by atoms with E-state index in [1.807, 2.05) is 0 Å². The molecule has 1 aliphatic heterocycles. The summed E-state index contributed by atoms with van der Waals surface area (Å²) in [5.74, 6) is 0. The van der Waals surface area contributed by atoms with Gasteiger partial charge in [0.1, 0.15) is 22.2 Å². The molecule has 2 aliphatic rings. The molecule has 6 heteroatoms.